The lowest BCUT2D eigenvalue weighted by Gasteiger charge is -2.13. The lowest BCUT2D eigenvalue weighted by Crippen LogP contribution is -2.34. The van der Waals surface area contributed by atoms with Gasteiger partial charge in [-0.15, -0.1) is 0 Å². The average Bonchev–Trinajstić information content (AvgIpc) is 2.83. The molecule has 1 atom stereocenters. The molecule has 0 aromatic carbocycles. The molecule has 0 bridgehead atoms. The van der Waals surface area contributed by atoms with Crippen LogP contribution in [0.5, 0.6) is 0 Å². The van der Waals surface area contributed by atoms with E-state index in [2.05, 4.69) is 4.72 Å². The highest BCUT2D eigenvalue weighted by atomic mass is 32.2. The van der Waals surface area contributed by atoms with E-state index in [0.717, 1.165) is 12.8 Å². The van der Waals surface area contributed by atoms with Crippen LogP contribution in [0.3, 0.4) is 0 Å². The number of aliphatic hydroxyl groups excluding tert-OH is 1. The SMILES string of the molecule is CC(C)CC(O)CNS(=O)(=O)CC1CC1. The molecule has 0 saturated heterocycles. The Labute approximate surface area is 92.1 Å². The highest BCUT2D eigenvalue weighted by Crippen LogP contribution is 2.29. The minimum atomic E-state index is -3.16. The molecule has 2 N–H and O–H groups in total. The Morgan fingerprint density at radius 1 is 1.40 bits per heavy atom. The van der Waals surface area contributed by atoms with Crippen LogP contribution in [0.4, 0.5) is 0 Å². The van der Waals surface area contributed by atoms with E-state index in [1.54, 1.807) is 0 Å². The van der Waals surface area contributed by atoms with Crippen molar-refractivity contribution in [3.05, 3.63) is 0 Å². The molecule has 15 heavy (non-hydrogen) atoms. The van der Waals surface area contributed by atoms with Crippen molar-refractivity contribution in [1.82, 2.24) is 4.72 Å². The van der Waals surface area contributed by atoms with Gasteiger partial charge in [-0.3, -0.25) is 0 Å². The molecule has 4 nitrogen and oxygen atoms in total. The molecule has 90 valence electrons. The van der Waals surface area contributed by atoms with Gasteiger partial charge in [-0.05, 0) is 31.1 Å². The van der Waals surface area contributed by atoms with E-state index in [0.29, 0.717) is 18.3 Å². The number of nitrogens with one attached hydrogen (secondary N) is 1. The third kappa shape index (κ3) is 6.12. The van der Waals surface area contributed by atoms with Gasteiger partial charge < -0.3 is 5.11 Å². The minimum Gasteiger partial charge on any atom is -0.392 e. The molecule has 0 amide bonds. The van der Waals surface area contributed by atoms with Crippen molar-refractivity contribution in [3.8, 4) is 0 Å². The number of rotatable bonds is 7. The second-order valence-electron chi connectivity index (χ2n) is 4.86. The monoisotopic (exact) mass is 235 g/mol. The first-order chi connectivity index (χ1) is 6.89. The largest absolute Gasteiger partial charge is 0.392 e. The van der Waals surface area contributed by atoms with Crippen molar-refractivity contribution in [2.24, 2.45) is 11.8 Å². The van der Waals surface area contributed by atoms with Gasteiger partial charge in [0.15, 0.2) is 0 Å². The van der Waals surface area contributed by atoms with Crippen LogP contribution in [0.1, 0.15) is 33.1 Å². The number of aliphatic hydroxyl groups is 1. The highest BCUT2D eigenvalue weighted by Gasteiger charge is 2.28. The van der Waals surface area contributed by atoms with Gasteiger partial charge in [0.2, 0.25) is 10.0 Å². The lowest BCUT2D eigenvalue weighted by molar-refractivity contribution is 0.152. The summed E-state index contributed by atoms with van der Waals surface area (Å²) in [6, 6.07) is 0. The van der Waals surface area contributed by atoms with Crippen molar-refractivity contribution >= 4 is 10.0 Å². The molecule has 1 aliphatic carbocycles. The van der Waals surface area contributed by atoms with Crippen LogP contribution in [0.25, 0.3) is 0 Å². The van der Waals surface area contributed by atoms with Crippen LogP contribution in [0.2, 0.25) is 0 Å². The van der Waals surface area contributed by atoms with Gasteiger partial charge in [0, 0.05) is 6.54 Å². The quantitative estimate of drug-likeness (QED) is 0.683. The first kappa shape index (κ1) is 12.9. The van der Waals surface area contributed by atoms with E-state index in [-0.39, 0.29) is 12.3 Å². The molecule has 0 aromatic rings. The van der Waals surface area contributed by atoms with Crippen molar-refractivity contribution in [3.63, 3.8) is 0 Å². The van der Waals surface area contributed by atoms with Gasteiger partial charge in [0.05, 0.1) is 11.9 Å². The number of sulfonamides is 1. The first-order valence-electron chi connectivity index (χ1n) is 5.54. The number of hydrogen-bond acceptors (Lipinski definition) is 3. The van der Waals surface area contributed by atoms with Gasteiger partial charge in [-0.25, -0.2) is 13.1 Å². The maximum Gasteiger partial charge on any atom is 0.211 e. The lowest BCUT2D eigenvalue weighted by atomic mass is 10.1. The van der Waals surface area contributed by atoms with E-state index in [1.165, 1.54) is 0 Å². The average molecular weight is 235 g/mol. The third-order valence-electron chi connectivity index (χ3n) is 2.43. The summed E-state index contributed by atoms with van der Waals surface area (Å²) in [5.41, 5.74) is 0. The summed E-state index contributed by atoms with van der Waals surface area (Å²) in [5.74, 6) is 0.958. The standard InChI is InChI=1S/C10H21NO3S/c1-8(2)5-10(12)6-11-15(13,14)7-9-3-4-9/h8-12H,3-7H2,1-2H3. The van der Waals surface area contributed by atoms with Crippen molar-refractivity contribution < 1.29 is 13.5 Å². The predicted molar refractivity (Wildman–Crippen MR) is 60.0 cm³/mol. The molecular weight excluding hydrogens is 214 g/mol. The van der Waals surface area contributed by atoms with Gasteiger partial charge in [-0.2, -0.15) is 0 Å². The summed E-state index contributed by atoms with van der Waals surface area (Å²) >= 11 is 0. The van der Waals surface area contributed by atoms with Crippen LogP contribution >= 0.6 is 0 Å². The topological polar surface area (TPSA) is 66.4 Å². The van der Waals surface area contributed by atoms with E-state index in [4.69, 9.17) is 0 Å². The van der Waals surface area contributed by atoms with Gasteiger partial charge in [-0.1, -0.05) is 13.8 Å². The zero-order chi connectivity index (χ0) is 11.5. The Balaban J connectivity index is 2.22. The minimum absolute atomic E-state index is 0.146. The molecule has 1 saturated carbocycles. The third-order valence-corrected chi connectivity index (χ3v) is 3.95. The van der Waals surface area contributed by atoms with Gasteiger partial charge >= 0.3 is 0 Å². The van der Waals surface area contributed by atoms with E-state index < -0.39 is 16.1 Å². The summed E-state index contributed by atoms with van der Waals surface area (Å²) in [4.78, 5) is 0. The Hall–Kier alpha value is -0.130. The molecule has 0 radical (unpaired) electrons. The van der Waals surface area contributed by atoms with E-state index >= 15 is 0 Å². The smallest absolute Gasteiger partial charge is 0.211 e. The second-order valence-corrected chi connectivity index (χ2v) is 6.71. The molecule has 1 unspecified atom stereocenters. The summed E-state index contributed by atoms with van der Waals surface area (Å²) in [7, 11) is -3.16. The van der Waals surface area contributed by atoms with Crippen LogP contribution in [-0.2, 0) is 10.0 Å². The van der Waals surface area contributed by atoms with E-state index in [1.807, 2.05) is 13.8 Å². The van der Waals surface area contributed by atoms with Crippen molar-refractivity contribution in [2.75, 3.05) is 12.3 Å². The van der Waals surface area contributed by atoms with Crippen LogP contribution in [0.15, 0.2) is 0 Å². The van der Waals surface area contributed by atoms with Crippen molar-refractivity contribution in [2.45, 2.75) is 39.2 Å². The zero-order valence-electron chi connectivity index (χ0n) is 9.44. The molecule has 1 rings (SSSR count). The predicted octanol–water partition coefficient (Wildman–Crippen LogP) is 0.723. The summed E-state index contributed by atoms with van der Waals surface area (Å²) in [6.45, 7) is 4.15. The van der Waals surface area contributed by atoms with E-state index in [9.17, 15) is 13.5 Å². The molecular formula is C10H21NO3S. The van der Waals surface area contributed by atoms with Crippen LogP contribution < -0.4 is 4.72 Å². The zero-order valence-corrected chi connectivity index (χ0v) is 10.3. The first-order valence-corrected chi connectivity index (χ1v) is 7.19. The Kier molecular flexibility index (Phi) is 4.55. The second kappa shape index (κ2) is 5.27. The fourth-order valence-electron chi connectivity index (χ4n) is 1.50. The normalized spacial score (nSPS) is 19.5. The summed E-state index contributed by atoms with van der Waals surface area (Å²) in [5, 5.41) is 9.51. The molecule has 0 aliphatic heterocycles. The molecule has 1 fully saturated rings. The Morgan fingerprint density at radius 3 is 2.47 bits per heavy atom. The highest BCUT2D eigenvalue weighted by molar-refractivity contribution is 7.89. The summed E-state index contributed by atoms with van der Waals surface area (Å²) < 4.78 is 25.4. The molecule has 0 aromatic heterocycles. The molecule has 1 aliphatic rings. The molecule has 0 spiro atoms. The van der Waals surface area contributed by atoms with Crippen molar-refractivity contribution in [1.29, 1.82) is 0 Å². The molecule has 5 heteroatoms. The van der Waals surface area contributed by atoms with Crippen LogP contribution in [0, 0.1) is 11.8 Å². The van der Waals surface area contributed by atoms with Gasteiger partial charge in [0.1, 0.15) is 0 Å². The maximum atomic E-state index is 11.4. The molecule has 0 heterocycles. The van der Waals surface area contributed by atoms with Crippen LogP contribution in [-0.4, -0.2) is 31.9 Å². The Bertz CT molecular complexity index is 283. The fourth-order valence-corrected chi connectivity index (χ4v) is 3.02. The Morgan fingerprint density at radius 2 is 2.00 bits per heavy atom. The van der Waals surface area contributed by atoms with Gasteiger partial charge in [0.25, 0.3) is 0 Å². The fraction of sp³-hybridized carbons (Fsp3) is 1.00. The summed E-state index contributed by atoms with van der Waals surface area (Å²) in [6.07, 6.45) is 2.11. The number of hydrogen-bond donors (Lipinski definition) is 2. The maximum absolute atomic E-state index is 11.4.